The second-order valence-corrected chi connectivity index (χ2v) is 6.61. The molecule has 2 rings (SSSR count). The SMILES string of the molecule is CCCOc1ccc(Br)cc1/C=C(\C#N)C(=O)Nc1ccccc1C(F)(F)F. The lowest BCUT2D eigenvalue weighted by Crippen LogP contribution is -2.17. The van der Waals surface area contributed by atoms with Gasteiger partial charge in [0, 0.05) is 10.0 Å². The minimum atomic E-state index is -4.63. The van der Waals surface area contributed by atoms with E-state index in [0.29, 0.717) is 22.4 Å². The van der Waals surface area contributed by atoms with Crippen LogP contribution in [0.15, 0.2) is 52.5 Å². The van der Waals surface area contributed by atoms with Crippen LogP contribution in [0.25, 0.3) is 6.08 Å². The van der Waals surface area contributed by atoms with E-state index in [0.717, 1.165) is 18.6 Å². The van der Waals surface area contributed by atoms with Crippen LogP contribution in [0, 0.1) is 11.3 Å². The van der Waals surface area contributed by atoms with Gasteiger partial charge in [0.05, 0.1) is 17.9 Å². The smallest absolute Gasteiger partial charge is 0.418 e. The predicted octanol–water partition coefficient (Wildman–Crippen LogP) is 5.80. The highest BCUT2D eigenvalue weighted by Crippen LogP contribution is 2.35. The number of para-hydroxylation sites is 1. The number of anilines is 1. The lowest BCUT2D eigenvalue weighted by molar-refractivity contribution is -0.137. The maximum atomic E-state index is 13.1. The van der Waals surface area contributed by atoms with Gasteiger partial charge in [-0.05, 0) is 42.8 Å². The summed E-state index contributed by atoms with van der Waals surface area (Å²) >= 11 is 3.31. The summed E-state index contributed by atoms with van der Waals surface area (Å²) in [5.41, 5.74) is -1.30. The van der Waals surface area contributed by atoms with Crippen LogP contribution in [0.2, 0.25) is 0 Å². The summed E-state index contributed by atoms with van der Waals surface area (Å²) in [6.07, 6.45) is -2.59. The molecule has 0 spiro atoms. The average Bonchev–Trinajstić information content (AvgIpc) is 2.64. The van der Waals surface area contributed by atoms with Crippen molar-refractivity contribution in [3.05, 3.63) is 63.6 Å². The molecule has 0 aliphatic carbocycles. The van der Waals surface area contributed by atoms with Crippen LogP contribution in [-0.2, 0) is 11.0 Å². The summed E-state index contributed by atoms with van der Waals surface area (Å²) in [6.45, 7) is 2.37. The summed E-state index contributed by atoms with van der Waals surface area (Å²) in [5, 5.41) is 11.5. The van der Waals surface area contributed by atoms with E-state index in [1.54, 1.807) is 24.3 Å². The highest BCUT2D eigenvalue weighted by Gasteiger charge is 2.33. The van der Waals surface area contributed by atoms with Crippen LogP contribution < -0.4 is 10.1 Å². The number of benzene rings is 2. The van der Waals surface area contributed by atoms with E-state index in [-0.39, 0.29) is 5.57 Å². The first-order valence-electron chi connectivity index (χ1n) is 8.28. The lowest BCUT2D eigenvalue weighted by Gasteiger charge is -2.13. The second-order valence-electron chi connectivity index (χ2n) is 5.70. The van der Waals surface area contributed by atoms with E-state index in [2.05, 4.69) is 21.2 Å². The molecule has 0 saturated carbocycles. The van der Waals surface area contributed by atoms with Crippen LogP contribution in [0.1, 0.15) is 24.5 Å². The number of carbonyl (C=O) groups is 1. The van der Waals surface area contributed by atoms with Gasteiger partial charge < -0.3 is 10.1 Å². The maximum Gasteiger partial charge on any atom is 0.418 e. The summed E-state index contributed by atoms with van der Waals surface area (Å²) in [7, 11) is 0. The number of ether oxygens (including phenoxy) is 1. The molecule has 0 atom stereocenters. The van der Waals surface area contributed by atoms with E-state index in [4.69, 9.17) is 4.74 Å². The first-order valence-corrected chi connectivity index (χ1v) is 9.07. The molecule has 2 aromatic rings. The lowest BCUT2D eigenvalue weighted by atomic mass is 10.1. The van der Waals surface area contributed by atoms with E-state index in [1.807, 2.05) is 6.92 Å². The Bertz CT molecular complexity index is 934. The van der Waals surface area contributed by atoms with Crippen LogP contribution in [-0.4, -0.2) is 12.5 Å². The predicted molar refractivity (Wildman–Crippen MR) is 104 cm³/mol. The third-order valence-corrected chi connectivity index (χ3v) is 4.07. The van der Waals surface area contributed by atoms with Gasteiger partial charge in [-0.3, -0.25) is 4.79 Å². The van der Waals surface area contributed by atoms with Gasteiger partial charge in [0.2, 0.25) is 0 Å². The Hall–Kier alpha value is -2.79. The zero-order valence-electron chi connectivity index (χ0n) is 14.8. The molecule has 4 nitrogen and oxygen atoms in total. The molecule has 8 heteroatoms. The Morgan fingerprint density at radius 1 is 1.29 bits per heavy atom. The van der Waals surface area contributed by atoms with Crippen LogP contribution in [0.5, 0.6) is 5.75 Å². The van der Waals surface area contributed by atoms with E-state index >= 15 is 0 Å². The zero-order valence-corrected chi connectivity index (χ0v) is 16.4. The zero-order chi connectivity index (χ0) is 20.7. The summed E-state index contributed by atoms with van der Waals surface area (Å²) < 4.78 is 45.6. The largest absolute Gasteiger partial charge is 0.493 e. The molecule has 0 unspecified atom stereocenters. The highest BCUT2D eigenvalue weighted by atomic mass is 79.9. The van der Waals surface area contributed by atoms with Crippen molar-refractivity contribution in [3.63, 3.8) is 0 Å². The van der Waals surface area contributed by atoms with Crippen LogP contribution in [0.3, 0.4) is 0 Å². The Morgan fingerprint density at radius 2 is 2.00 bits per heavy atom. The number of rotatable bonds is 6. The minimum Gasteiger partial charge on any atom is -0.493 e. The van der Waals surface area contributed by atoms with E-state index in [1.165, 1.54) is 18.2 Å². The second kappa shape index (κ2) is 9.42. The number of hydrogen-bond acceptors (Lipinski definition) is 3. The number of alkyl halides is 3. The van der Waals surface area contributed by atoms with E-state index in [9.17, 15) is 23.2 Å². The van der Waals surface area contributed by atoms with Gasteiger partial charge in [-0.1, -0.05) is 35.0 Å². The molecule has 0 aromatic heterocycles. The molecule has 1 amide bonds. The van der Waals surface area contributed by atoms with Gasteiger partial charge in [-0.15, -0.1) is 0 Å². The quantitative estimate of drug-likeness (QED) is 0.444. The molecule has 28 heavy (non-hydrogen) atoms. The number of amides is 1. The van der Waals surface area contributed by atoms with Crippen LogP contribution >= 0.6 is 15.9 Å². The molecular formula is C20H16BrF3N2O2. The van der Waals surface area contributed by atoms with Crippen molar-refractivity contribution in [2.45, 2.75) is 19.5 Å². The molecule has 2 aromatic carbocycles. The number of carbonyl (C=O) groups excluding carboxylic acids is 1. The first-order chi connectivity index (χ1) is 13.3. The van der Waals surface area contributed by atoms with Crippen molar-refractivity contribution in [1.82, 2.24) is 0 Å². The van der Waals surface area contributed by atoms with Crippen molar-refractivity contribution in [2.75, 3.05) is 11.9 Å². The molecule has 0 aliphatic heterocycles. The fraction of sp³-hybridized carbons (Fsp3) is 0.200. The topological polar surface area (TPSA) is 62.1 Å². The Morgan fingerprint density at radius 3 is 2.64 bits per heavy atom. The molecule has 1 N–H and O–H groups in total. The van der Waals surface area contributed by atoms with E-state index < -0.39 is 23.3 Å². The van der Waals surface area contributed by atoms with Crippen molar-refractivity contribution in [3.8, 4) is 11.8 Å². The fourth-order valence-corrected chi connectivity index (χ4v) is 2.69. The number of halogens is 4. The fourth-order valence-electron chi connectivity index (χ4n) is 2.31. The summed E-state index contributed by atoms with van der Waals surface area (Å²) in [4.78, 5) is 12.4. The van der Waals surface area contributed by atoms with Crippen molar-refractivity contribution in [1.29, 1.82) is 5.26 Å². The molecule has 0 heterocycles. The standard InChI is InChI=1S/C20H16BrF3N2O2/c1-2-9-28-18-8-7-15(21)11-13(18)10-14(12-25)19(27)26-17-6-4-3-5-16(17)20(22,23)24/h3-8,10-11H,2,9H2,1H3,(H,26,27)/b14-10+. The Kier molecular flexibility index (Phi) is 7.24. The number of nitrogens with zero attached hydrogens (tertiary/aromatic N) is 1. The van der Waals surface area contributed by atoms with Gasteiger partial charge >= 0.3 is 6.18 Å². The first kappa shape index (κ1) is 21.5. The number of nitriles is 1. The molecule has 0 fully saturated rings. The van der Waals surface area contributed by atoms with Gasteiger partial charge in [0.15, 0.2) is 0 Å². The summed E-state index contributed by atoms with van der Waals surface area (Å²) in [6, 6.07) is 11.4. The monoisotopic (exact) mass is 452 g/mol. The number of hydrogen-bond donors (Lipinski definition) is 1. The molecule has 0 aliphatic rings. The Labute approximate surface area is 168 Å². The molecular weight excluding hydrogens is 437 g/mol. The Balaban J connectivity index is 2.36. The normalized spacial score (nSPS) is 11.6. The molecule has 0 bridgehead atoms. The molecule has 146 valence electrons. The third-order valence-electron chi connectivity index (χ3n) is 3.58. The third kappa shape index (κ3) is 5.60. The van der Waals surface area contributed by atoms with Crippen molar-refractivity contribution in [2.24, 2.45) is 0 Å². The number of nitrogens with one attached hydrogen (secondary N) is 1. The minimum absolute atomic E-state index is 0.351. The van der Waals surface area contributed by atoms with Gasteiger partial charge in [-0.2, -0.15) is 18.4 Å². The van der Waals surface area contributed by atoms with Gasteiger partial charge in [0.25, 0.3) is 5.91 Å². The molecule has 0 saturated heterocycles. The molecule has 0 radical (unpaired) electrons. The van der Waals surface area contributed by atoms with Crippen molar-refractivity contribution < 1.29 is 22.7 Å². The van der Waals surface area contributed by atoms with Gasteiger partial charge in [0.1, 0.15) is 17.4 Å². The average molecular weight is 453 g/mol. The van der Waals surface area contributed by atoms with Gasteiger partial charge in [-0.25, -0.2) is 0 Å². The van der Waals surface area contributed by atoms with Crippen LogP contribution in [0.4, 0.5) is 18.9 Å². The highest BCUT2D eigenvalue weighted by molar-refractivity contribution is 9.10. The van der Waals surface area contributed by atoms with Crippen molar-refractivity contribution >= 4 is 33.6 Å². The maximum absolute atomic E-state index is 13.1. The summed E-state index contributed by atoms with van der Waals surface area (Å²) in [5.74, 6) is -0.484.